The summed E-state index contributed by atoms with van der Waals surface area (Å²) in [6.07, 6.45) is 0.172. The fraction of sp³-hybridized carbons (Fsp3) is 0.806. The van der Waals surface area contributed by atoms with E-state index in [0.717, 1.165) is 6.42 Å². The Balaban J connectivity index is 1.16. The number of ether oxygens (including phenoxy) is 4. The average Bonchev–Trinajstić information content (AvgIpc) is 3.21. The minimum absolute atomic E-state index is 0.101. The van der Waals surface area contributed by atoms with E-state index in [-0.39, 0.29) is 24.9 Å². The van der Waals surface area contributed by atoms with Gasteiger partial charge in [0.2, 0.25) is 5.79 Å². The van der Waals surface area contributed by atoms with E-state index in [4.69, 9.17) is 18.9 Å². The van der Waals surface area contributed by atoms with Gasteiger partial charge in [-0.2, -0.15) is 0 Å². The van der Waals surface area contributed by atoms with Crippen molar-refractivity contribution >= 4 is 5.97 Å². The van der Waals surface area contributed by atoms with Crippen LogP contribution in [-0.4, -0.2) is 121 Å². The molecule has 4 saturated carbocycles. The first-order chi connectivity index (χ1) is 22.5. The molecule has 1 aromatic carbocycles. The number of carbonyl (C=O) groups is 1. The molecule has 14 atom stereocenters. The number of carbonyl (C=O) groups excluding carboxylic acids is 1. The van der Waals surface area contributed by atoms with E-state index in [1.165, 1.54) is 20.3 Å². The third-order valence-electron chi connectivity index (χ3n) is 14.9. The van der Waals surface area contributed by atoms with Gasteiger partial charge in [-0.25, -0.2) is 4.79 Å². The first kappa shape index (κ1) is 33.1. The SMILES string of the molecule is COc1ccc(C(=O)O[C@H]2CC[C@@]3(C)[C@@H]4CC[C@H]5[C@]6(O)C[C@H](O)[C@@]7(O)[C@@H](CN8C[C@@H](C)CC[C@H]8[C@@]7(C)O)[C@]6(O)C[C@]53O[C@]24O)cc1OC. The Bertz CT molecular complexity index is 1520. The van der Waals surface area contributed by atoms with Crippen LogP contribution >= 0.6 is 0 Å². The second-order valence-electron chi connectivity index (χ2n) is 16.8. The molecule has 7 aliphatic rings. The Morgan fingerprint density at radius 1 is 0.896 bits per heavy atom. The number of rotatable bonds is 4. The Morgan fingerprint density at radius 2 is 1.60 bits per heavy atom. The van der Waals surface area contributed by atoms with Crippen LogP contribution in [0.15, 0.2) is 18.2 Å². The molecule has 1 spiro atoms. The number of aliphatic hydroxyl groups is 6. The highest BCUT2D eigenvalue weighted by molar-refractivity contribution is 5.90. The van der Waals surface area contributed by atoms with Gasteiger partial charge in [0.05, 0.1) is 31.5 Å². The van der Waals surface area contributed by atoms with Crippen LogP contribution in [0.3, 0.4) is 0 Å². The van der Waals surface area contributed by atoms with Crippen molar-refractivity contribution < 1.29 is 54.4 Å². The molecular formula is C36H51NO11. The van der Waals surface area contributed by atoms with E-state index in [9.17, 15) is 35.4 Å². The number of benzene rings is 1. The molecule has 0 unspecified atom stereocenters. The lowest BCUT2D eigenvalue weighted by Gasteiger charge is -2.68. The minimum atomic E-state index is -2.10. The zero-order valence-electron chi connectivity index (χ0n) is 28.5. The molecule has 3 heterocycles. The number of methoxy groups -OCH3 is 2. The number of piperidine rings is 2. The molecule has 8 rings (SSSR count). The standard InChI is InChI=1S/C36H51NO11/c1-19-6-11-26-31(3,40)35(43)25(17-37(26)16-19)33(42)18-34-24(32(33,41)15-27(35)38)10-9-23-30(34,2)13-12-28(36(23,44)48-34)47-29(39)20-7-8-21(45-4)22(14-20)46-5/h7-8,14,19,23-28,38,40-44H,6,9-13,15-18H2,1-5H3/t19-,23-,24-,25-,26-,27-,28-,30-,31+,32+,33+,34-,35-,36-/m0/s1. The molecule has 12 nitrogen and oxygen atoms in total. The molecule has 7 fully saturated rings. The summed E-state index contributed by atoms with van der Waals surface area (Å²) in [6.45, 7) is 6.57. The molecule has 4 bridgehead atoms. The zero-order chi connectivity index (χ0) is 34.4. The average molecular weight is 674 g/mol. The minimum Gasteiger partial charge on any atom is -0.493 e. The van der Waals surface area contributed by atoms with Gasteiger partial charge in [-0.3, -0.25) is 4.90 Å². The summed E-state index contributed by atoms with van der Waals surface area (Å²) in [7, 11) is 2.97. The fourth-order valence-corrected chi connectivity index (χ4v) is 12.6. The van der Waals surface area contributed by atoms with Crippen LogP contribution in [-0.2, 0) is 9.47 Å². The third kappa shape index (κ3) is 3.66. The van der Waals surface area contributed by atoms with E-state index in [1.54, 1.807) is 19.1 Å². The number of esters is 1. The molecule has 0 radical (unpaired) electrons. The molecule has 3 saturated heterocycles. The Hall–Kier alpha value is -2.03. The maximum atomic E-state index is 13.5. The van der Waals surface area contributed by atoms with E-state index in [1.807, 2.05) is 6.92 Å². The van der Waals surface area contributed by atoms with Gasteiger partial charge in [-0.15, -0.1) is 0 Å². The molecule has 48 heavy (non-hydrogen) atoms. The Morgan fingerprint density at radius 3 is 2.31 bits per heavy atom. The monoisotopic (exact) mass is 673 g/mol. The van der Waals surface area contributed by atoms with Gasteiger partial charge in [-0.05, 0) is 69.6 Å². The van der Waals surface area contributed by atoms with Crippen molar-refractivity contribution in [2.75, 3.05) is 27.3 Å². The first-order valence-corrected chi connectivity index (χ1v) is 17.6. The molecule has 266 valence electrons. The highest BCUT2D eigenvalue weighted by Crippen LogP contribution is 2.78. The summed E-state index contributed by atoms with van der Waals surface area (Å²) < 4.78 is 23.5. The van der Waals surface area contributed by atoms with Crippen LogP contribution in [0.4, 0.5) is 0 Å². The van der Waals surface area contributed by atoms with Crippen LogP contribution in [0, 0.1) is 29.1 Å². The van der Waals surface area contributed by atoms with Crippen molar-refractivity contribution in [2.24, 2.45) is 29.1 Å². The highest BCUT2D eigenvalue weighted by atomic mass is 16.7. The lowest BCUT2D eigenvalue weighted by molar-refractivity contribution is -0.354. The number of aliphatic hydroxyl groups excluding tert-OH is 1. The molecular weight excluding hydrogens is 622 g/mol. The van der Waals surface area contributed by atoms with Crippen molar-refractivity contribution in [1.82, 2.24) is 4.90 Å². The zero-order valence-corrected chi connectivity index (χ0v) is 28.5. The van der Waals surface area contributed by atoms with Gasteiger partial charge in [0.1, 0.15) is 22.4 Å². The van der Waals surface area contributed by atoms with E-state index in [0.29, 0.717) is 56.1 Å². The number of fused-ring (bicyclic) bond motifs is 5. The summed E-state index contributed by atoms with van der Waals surface area (Å²) in [5.41, 5.74) is -9.44. The molecule has 0 aromatic heterocycles. The predicted octanol–water partition coefficient (Wildman–Crippen LogP) is 1.36. The molecule has 1 aromatic rings. The van der Waals surface area contributed by atoms with Gasteiger partial charge in [0.15, 0.2) is 17.6 Å². The maximum Gasteiger partial charge on any atom is 0.338 e. The first-order valence-electron chi connectivity index (χ1n) is 17.6. The summed E-state index contributed by atoms with van der Waals surface area (Å²) in [6, 6.07) is 4.28. The smallest absolute Gasteiger partial charge is 0.338 e. The second-order valence-corrected chi connectivity index (χ2v) is 16.8. The molecule has 12 heteroatoms. The van der Waals surface area contributed by atoms with Gasteiger partial charge < -0.3 is 49.6 Å². The van der Waals surface area contributed by atoms with E-state index >= 15 is 0 Å². The topological polar surface area (TPSA) is 179 Å². The van der Waals surface area contributed by atoms with Crippen molar-refractivity contribution in [3.05, 3.63) is 23.8 Å². The van der Waals surface area contributed by atoms with Gasteiger partial charge in [0.25, 0.3) is 0 Å². The number of hydrogen-bond donors (Lipinski definition) is 6. The highest BCUT2D eigenvalue weighted by Gasteiger charge is 2.88. The molecule has 0 amide bonds. The quantitative estimate of drug-likeness (QED) is 0.253. The van der Waals surface area contributed by atoms with Crippen LogP contribution in [0.25, 0.3) is 0 Å². The Kier molecular flexibility index (Phi) is 6.94. The summed E-state index contributed by atoms with van der Waals surface area (Å²) >= 11 is 0. The van der Waals surface area contributed by atoms with Crippen LogP contribution < -0.4 is 9.47 Å². The number of hydrogen-bond acceptors (Lipinski definition) is 12. The van der Waals surface area contributed by atoms with Crippen molar-refractivity contribution in [2.45, 2.75) is 124 Å². The fourth-order valence-electron chi connectivity index (χ4n) is 12.6. The predicted molar refractivity (Wildman–Crippen MR) is 169 cm³/mol. The van der Waals surface area contributed by atoms with Crippen LogP contribution in [0.1, 0.15) is 82.5 Å². The van der Waals surface area contributed by atoms with E-state index < -0.39 is 81.2 Å². The maximum absolute atomic E-state index is 13.5. The van der Waals surface area contributed by atoms with E-state index in [2.05, 4.69) is 11.8 Å². The molecule has 3 aliphatic heterocycles. The number of nitrogens with zero attached hydrogens (tertiary/aromatic N) is 1. The lowest BCUT2D eigenvalue weighted by Crippen LogP contribution is -2.85. The van der Waals surface area contributed by atoms with Crippen molar-refractivity contribution in [3.63, 3.8) is 0 Å². The van der Waals surface area contributed by atoms with Crippen molar-refractivity contribution in [1.29, 1.82) is 0 Å². The van der Waals surface area contributed by atoms with Crippen LogP contribution in [0.5, 0.6) is 11.5 Å². The normalized spacial score (nSPS) is 53.6. The summed E-state index contributed by atoms with van der Waals surface area (Å²) in [5, 5.41) is 74.7. The van der Waals surface area contributed by atoms with Crippen molar-refractivity contribution in [3.8, 4) is 11.5 Å². The van der Waals surface area contributed by atoms with Gasteiger partial charge in [0, 0.05) is 55.1 Å². The summed E-state index contributed by atoms with van der Waals surface area (Å²) in [4.78, 5) is 15.6. The second kappa shape index (κ2) is 10.1. The van der Waals surface area contributed by atoms with Gasteiger partial charge in [-0.1, -0.05) is 13.8 Å². The lowest BCUT2D eigenvalue weighted by atomic mass is 9.49. The van der Waals surface area contributed by atoms with Gasteiger partial charge >= 0.3 is 5.97 Å². The molecule has 4 aliphatic carbocycles. The third-order valence-corrected chi connectivity index (χ3v) is 14.9. The largest absolute Gasteiger partial charge is 0.493 e. The Labute approximate surface area is 280 Å². The van der Waals surface area contributed by atoms with Crippen LogP contribution in [0.2, 0.25) is 0 Å². The molecule has 6 N–H and O–H groups in total. The summed E-state index contributed by atoms with van der Waals surface area (Å²) in [5.74, 6) is -3.63.